The molecule has 27 heavy (non-hydrogen) atoms. The number of hydrogen-bond acceptors (Lipinski definition) is 5. The van der Waals surface area contributed by atoms with Crippen LogP contribution in [0, 0.1) is 20.8 Å². The molecule has 0 saturated carbocycles. The van der Waals surface area contributed by atoms with Crippen LogP contribution >= 0.6 is 0 Å². The molecule has 0 aliphatic heterocycles. The van der Waals surface area contributed by atoms with E-state index in [1.165, 1.54) is 12.1 Å². The largest absolute Gasteiger partial charge is 0.451 e. The summed E-state index contributed by atoms with van der Waals surface area (Å²) < 4.78 is 27.9. The Morgan fingerprint density at radius 2 is 1.52 bits per heavy atom. The minimum Gasteiger partial charge on any atom is -0.451 e. The molecule has 5 nitrogen and oxygen atoms in total. The van der Waals surface area contributed by atoms with Crippen LogP contribution in [0.15, 0.2) is 36.4 Å². The molecule has 0 amide bonds. The summed E-state index contributed by atoms with van der Waals surface area (Å²) in [6, 6.07) is 9.90. The first kappa shape index (κ1) is 20.8. The highest BCUT2D eigenvalue weighted by Gasteiger charge is 2.22. The van der Waals surface area contributed by atoms with Crippen molar-refractivity contribution in [2.24, 2.45) is 0 Å². The molecule has 2 aromatic carbocycles. The van der Waals surface area contributed by atoms with Crippen LogP contribution in [-0.4, -0.2) is 32.5 Å². The summed E-state index contributed by atoms with van der Waals surface area (Å²) in [4.78, 5) is 25.0. The summed E-state index contributed by atoms with van der Waals surface area (Å²) in [5.41, 5.74) is 4.34. The number of benzene rings is 2. The number of Topliss-reactive ketones (excluding diaryl/α,β-unsaturated/α-hetero) is 1. The molecule has 6 heteroatoms. The summed E-state index contributed by atoms with van der Waals surface area (Å²) in [6.07, 6.45) is 0.228. The van der Waals surface area contributed by atoms with Crippen LogP contribution in [0.1, 0.15) is 49.9 Å². The van der Waals surface area contributed by atoms with E-state index in [0.717, 1.165) is 22.9 Å². The zero-order valence-corrected chi connectivity index (χ0v) is 17.0. The average Bonchev–Trinajstić information content (AvgIpc) is 2.56. The van der Waals surface area contributed by atoms with Crippen molar-refractivity contribution in [3.8, 4) is 0 Å². The second kappa shape index (κ2) is 8.05. The van der Waals surface area contributed by atoms with Gasteiger partial charge < -0.3 is 4.74 Å². The van der Waals surface area contributed by atoms with E-state index in [2.05, 4.69) is 0 Å². The predicted octanol–water partition coefficient (Wildman–Crippen LogP) is 3.58. The molecule has 0 saturated heterocycles. The SMILES string of the molecule is Cc1cc(C)c(C(=O)C(C)OC(=O)c2ccc(CS(C)(=O)=O)cc2)cc1C. The molecule has 0 radical (unpaired) electrons. The first-order valence-electron chi connectivity index (χ1n) is 8.57. The van der Waals surface area contributed by atoms with Crippen molar-refractivity contribution in [1.29, 1.82) is 0 Å². The lowest BCUT2D eigenvalue weighted by Crippen LogP contribution is -2.25. The van der Waals surface area contributed by atoms with Crippen molar-refractivity contribution in [1.82, 2.24) is 0 Å². The molecule has 2 rings (SSSR count). The topological polar surface area (TPSA) is 77.5 Å². The number of aryl methyl sites for hydroxylation is 3. The van der Waals surface area contributed by atoms with E-state index in [0.29, 0.717) is 11.1 Å². The van der Waals surface area contributed by atoms with Gasteiger partial charge in [0, 0.05) is 11.8 Å². The molecular formula is C21H24O5S. The standard InChI is InChI=1S/C21H24O5S/c1-13-10-15(3)19(11-14(13)2)20(22)16(4)26-21(23)18-8-6-17(7-9-18)12-27(5,24)25/h6-11,16H,12H2,1-5H3. The van der Waals surface area contributed by atoms with E-state index < -0.39 is 21.9 Å². The van der Waals surface area contributed by atoms with Crippen LogP contribution in [0.5, 0.6) is 0 Å². The monoisotopic (exact) mass is 388 g/mol. The van der Waals surface area contributed by atoms with E-state index in [1.807, 2.05) is 32.9 Å². The van der Waals surface area contributed by atoms with E-state index >= 15 is 0 Å². The van der Waals surface area contributed by atoms with E-state index in [4.69, 9.17) is 4.74 Å². The van der Waals surface area contributed by atoms with Crippen molar-refractivity contribution in [2.45, 2.75) is 39.6 Å². The van der Waals surface area contributed by atoms with Crippen LogP contribution in [-0.2, 0) is 20.3 Å². The summed E-state index contributed by atoms with van der Waals surface area (Å²) >= 11 is 0. The van der Waals surface area contributed by atoms with Crippen LogP contribution in [0.3, 0.4) is 0 Å². The molecule has 0 aliphatic rings. The van der Waals surface area contributed by atoms with Gasteiger partial charge >= 0.3 is 5.97 Å². The Kier molecular flexibility index (Phi) is 6.21. The number of rotatable bonds is 6. The molecule has 2 aromatic rings. The Hall–Kier alpha value is -2.47. The number of sulfone groups is 1. The smallest absolute Gasteiger partial charge is 0.338 e. The van der Waals surface area contributed by atoms with Crippen LogP contribution in [0.25, 0.3) is 0 Å². The fourth-order valence-electron chi connectivity index (χ4n) is 2.77. The molecule has 144 valence electrons. The third kappa shape index (κ3) is 5.50. The number of carbonyl (C=O) groups is 2. The third-order valence-corrected chi connectivity index (χ3v) is 5.24. The minimum absolute atomic E-state index is 0.0940. The van der Waals surface area contributed by atoms with E-state index in [1.54, 1.807) is 19.1 Å². The molecule has 0 N–H and O–H groups in total. The molecule has 0 aliphatic carbocycles. The highest BCUT2D eigenvalue weighted by Crippen LogP contribution is 2.18. The van der Waals surface area contributed by atoms with Gasteiger partial charge in [-0.05, 0) is 68.1 Å². The normalized spacial score (nSPS) is 12.5. The highest BCUT2D eigenvalue weighted by molar-refractivity contribution is 7.89. The Balaban J connectivity index is 2.11. The van der Waals surface area contributed by atoms with Gasteiger partial charge in [0.25, 0.3) is 0 Å². The molecule has 0 bridgehead atoms. The number of ketones is 1. The summed E-state index contributed by atoms with van der Waals surface area (Å²) in [5.74, 6) is -0.968. The van der Waals surface area contributed by atoms with Gasteiger partial charge in [-0.2, -0.15) is 0 Å². The highest BCUT2D eigenvalue weighted by atomic mass is 32.2. The Labute approximate surface area is 160 Å². The van der Waals surface area contributed by atoms with Gasteiger partial charge in [0.15, 0.2) is 15.9 Å². The maximum atomic E-state index is 12.7. The van der Waals surface area contributed by atoms with Crippen molar-refractivity contribution in [2.75, 3.05) is 6.26 Å². The summed E-state index contributed by atoms with van der Waals surface area (Å²) in [7, 11) is -3.14. The fraction of sp³-hybridized carbons (Fsp3) is 0.333. The fourth-order valence-corrected chi connectivity index (χ4v) is 3.56. The van der Waals surface area contributed by atoms with Gasteiger partial charge in [0.2, 0.25) is 5.78 Å². The van der Waals surface area contributed by atoms with Gasteiger partial charge in [0.05, 0.1) is 11.3 Å². The lowest BCUT2D eigenvalue weighted by Gasteiger charge is -2.15. The Bertz CT molecular complexity index is 972. The zero-order chi connectivity index (χ0) is 20.4. The Morgan fingerprint density at radius 3 is 2.07 bits per heavy atom. The molecular weight excluding hydrogens is 364 g/mol. The van der Waals surface area contributed by atoms with Gasteiger partial charge in [-0.1, -0.05) is 18.2 Å². The first-order valence-corrected chi connectivity index (χ1v) is 10.6. The van der Waals surface area contributed by atoms with Crippen molar-refractivity contribution in [3.05, 3.63) is 69.8 Å². The summed E-state index contributed by atoms with van der Waals surface area (Å²) in [5, 5.41) is 0. The van der Waals surface area contributed by atoms with Crippen molar-refractivity contribution in [3.63, 3.8) is 0 Å². The number of esters is 1. The van der Waals surface area contributed by atoms with Crippen LogP contribution in [0.4, 0.5) is 0 Å². The third-order valence-electron chi connectivity index (χ3n) is 4.38. The second-order valence-corrected chi connectivity index (χ2v) is 9.07. The van der Waals surface area contributed by atoms with Crippen LogP contribution < -0.4 is 0 Å². The molecule has 0 spiro atoms. The maximum absolute atomic E-state index is 12.7. The van der Waals surface area contributed by atoms with E-state index in [9.17, 15) is 18.0 Å². The molecule has 0 aromatic heterocycles. The van der Waals surface area contributed by atoms with Gasteiger partial charge in [0.1, 0.15) is 0 Å². The maximum Gasteiger partial charge on any atom is 0.338 e. The Morgan fingerprint density at radius 1 is 0.963 bits per heavy atom. The quantitative estimate of drug-likeness (QED) is 0.558. The van der Waals surface area contributed by atoms with Gasteiger partial charge in [-0.15, -0.1) is 0 Å². The summed E-state index contributed by atoms with van der Waals surface area (Å²) in [6.45, 7) is 7.31. The lowest BCUT2D eigenvalue weighted by atomic mass is 9.96. The van der Waals surface area contributed by atoms with Gasteiger partial charge in [-0.3, -0.25) is 4.79 Å². The van der Waals surface area contributed by atoms with Crippen LogP contribution in [0.2, 0.25) is 0 Å². The molecule has 0 fully saturated rings. The second-order valence-electron chi connectivity index (χ2n) is 6.93. The lowest BCUT2D eigenvalue weighted by molar-refractivity contribution is 0.0318. The average molecular weight is 388 g/mol. The first-order chi connectivity index (χ1) is 12.5. The minimum atomic E-state index is -3.14. The zero-order valence-electron chi connectivity index (χ0n) is 16.2. The van der Waals surface area contributed by atoms with Gasteiger partial charge in [-0.25, -0.2) is 13.2 Å². The molecule has 0 heterocycles. The number of ether oxygens (including phenoxy) is 1. The number of hydrogen-bond donors (Lipinski definition) is 0. The van der Waals surface area contributed by atoms with Crippen molar-refractivity contribution < 1.29 is 22.7 Å². The van der Waals surface area contributed by atoms with E-state index in [-0.39, 0.29) is 17.1 Å². The predicted molar refractivity (Wildman–Crippen MR) is 105 cm³/mol. The molecule has 1 atom stereocenters. The van der Waals surface area contributed by atoms with Crippen molar-refractivity contribution >= 4 is 21.6 Å². The molecule has 1 unspecified atom stereocenters. The number of carbonyl (C=O) groups excluding carboxylic acids is 2.